The van der Waals surface area contributed by atoms with Gasteiger partial charge in [0.25, 0.3) is 0 Å². The Morgan fingerprint density at radius 2 is 2.00 bits per heavy atom. The first-order chi connectivity index (χ1) is 9.72. The van der Waals surface area contributed by atoms with Crippen molar-refractivity contribution < 1.29 is 9.66 Å². The van der Waals surface area contributed by atoms with Crippen LogP contribution in [-0.4, -0.2) is 22.3 Å². The van der Waals surface area contributed by atoms with Crippen molar-refractivity contribution in [3.05, 3.63) is 64.3 Å². The second-order valence-corrected chi connectivity index (χ2v) is 4.55. The number of rotatable bonds is 6. The number of nitrogens with zero attached hydrogens (tertiary/aromatic N) is 2. The Morgan fingerprint density at radius 3 is 2.65 bits per heavy atom. The number of pyridine rings is 1. The van der Waals surface area contributed by atoms with Gasteiger partial charge in [0.05, 0.1) is 6.61 Å². The van der Waals surface area contributed by atoms with Crippen LogP contribution in [0.5, 0.6) is 5.75 Å². The average molecular weight is 290 g/mol. The highest BCUT2D eigenvalue weighted by Gasteiger charge is 2.18. The maximum atomic E-state index is 10.9. The zero-order valence-corrected chi connectivity index (χ0v) is 11.6. The summed E-state index contributed by atoms with van der Waals surface area (Å²) >= 11 is 4.31. The van der Waals surface area contributed by atoms with Gasteiger partial charge in [-0.2, -0.15) is 12.6 Å². The Hall–Kier alpha value is -2.08. The quantitative estimate of drug-likeness (QED) is 0.504. The van der Waals surface area contributed by atoms with Gasteiger partial charge in [0.15, 0.2) is 0 Å². The lowest BCUT2D eigenvalue weighted by atomic mass is 10.0. The Balaban J connectivity index is 2.10. The van der Waals surface area contributed by atoms with Crippen LogP contribution in [-0.2, 0) is 0 Å². The molecule has 0 aliphatic rings. The molecule has 0 aliphatic heterocycles. The molecule has 1 aromatic carbocycles. The van der Waals surface area contributed by atoms with Crippen molar-refractivity contribution >= 4 is 18.4 Å². The van der Waals surface area contributed by atoms with E-state index in [1.807, 2.05) is 30.3 Å². The number of aromatic nitrogens is 1. The third-order valence-corrected chi connectivity index (χ3v) is 3.30. The molecule has 20 heavy (non-hydrogen) atoms. The molecule has 1 unspecified atom stereocenters. The van der Waals surface area contributed by atoms with Crippen LogP contribution in [0.25, 0.3) is 0 Å². The van der Waals surface area contributed by atoms with E-state index in [-0.39, 0.29) is 17.5 Å². The van der Waals surface area contributed by atoms with Gasteiger partial charge in [-0.1, -0.05) is 30.3 Å². The smallest absolute Gasteiger partial charge is 0.406 e. The fourth-order valence-electron chi connectivity index (χ4n) is 1.80. The number of thiol groups is 1. The molecule has 1 heterocycles. The lowest BCUT2D eigenvalue weighted by Gasteiger charge is -2.15. The largest absolute Gasteiger partial charge is 0.485 e. The Morgan fingerprint density at radius 1 is 1.25 bits per heavy atom. The van der Waals surface area contributed by atoms with Crippen LogP contribution in [0.1, 0.15) is 11.5 Å². The predicted molar refractivity (Wildman–Crippen MR) is 79.4 cm³/mol. The molecule has 1 atom stereocenters. The molecule has 0 N–H and O–H groups in total. The minimum Gasteiger partial charge on any atom is -0.485 e. The number of hydrogen-bond donors (Lipinski definition) is 1. The first-order valence-electron chi connectivity index (χ1n) is 6.10. The average Bonchev–Trinajstić information content (AvgIpc) is 2.49. The van der Waals surface area contributed by atoms with Crippen LogP contribution in [0.4, 0.5) is 5.82 Å². The molecule has 0 amide bonds. The molecule has 2 rings (SSSR count). The fraction of sp³-hybridized carbons (Fsp3) is 0.214. The maximum Gasteiger partial charge on any atom is 0.406 e. The molecule has 0 saturated carbocycles. The summed E-state index contributed by atoms with van der Waals surface area (Å²) in [6.45, 7) is 0.319. The van der Waals surface area contributed by atoms with Crippen LogP contribution in [0, 0.1) is 10.1 Å². The van der Waals surface area contributed by atoms with E-state index in [2.05, 4.69) is 17.6 Å². The zero-order valence-electron chi connectivity index (χ0n) is 10.7. The SMILES string of the molecule is O=[N+]([O-])c1ncccc1OCC(CS)c1ccccc1. The van der Waals surface area contributed by atoms with E-state index in [4.69, 9.17) is 4.74 Å². The van der Waals surface area contributed by atoms with Gasteiger partial charge in [-0.15, -0.1) is 0 Å². The third-order valence-electron chi connectivity index (χ3n) is 2.86. The van der Waals surface area contributed by atoms with Crippen LogP contribution in [0.3, 0.4) is 0 Å². The van der Waals surface area contributed by atoms with Gasteiger partial charge in [0, 0.05) is 11.7 Å². The highest BCUT2D eigenvalue weighted by atomic mass is 32.1. The highest BCUT2D eigenvalue weighted by Crippen LogP contribution is 2.25. The Bertz CT molecular complexity index is 578. The standard InChI is InChI=1S/C14H14N2O3S/c17-16(18)14-13(7-4-8-15-14)19-9-12(10-20)11-5-2-1-3-6-11/h1-8,12,20H,9-10H2. The molecule has 5 nitrogen and oxygen atoms in total. The van der Waals surface area contributed by atoms with Crippen LogP contribution < -0.4 is 4.74 Å². The first-order valence-corrected chi connectivity index (χ1v) is 6.73. The van der Waals surface area contributed by atoms with E-state index in [9.17, 15) is 10.1 Å². The van der Waals surface area contributed by atoms with Crippen molar-refractivity contribution in [3.8, 4) is 5.75 Å². The summed E-state index contributed by atoms with van der Waals surface area (Å²) in [6, 6.07) is 13.0. The van der Waals surface area contributed by atoms with Gasteiger partial charge in [-0.25, -0.2) is 0 Å². The van der Waals surface area contributed by atoms with E-state index in [0.29, 0.717) is 12.4 Å². The van der Waals surface area contributed by atoms with Gasteiger partial charge >= 0.3 is 5.82 Å². The second kappa shape index (κ2) is 6.91. The predicted octanol–water partition coefficient (Wildman–Crippen LogP) is 3.08. The number of benzene rings is 1. The second-order valence-electron chi connectivity index (χ2n) is 4.18. The minimum atomic E-state index is -0.548. The van der Waals surface area contributed by atoms with Gasteiger partial charge in [-0.3, -0.25) is 0 Å². The zero-order chi connectivity index (χ0) is 14.4. The first kappa shape index (κ1) is 14.3. The number of nitro groups is 1. The van der Waals surface area contributed by atoms with Crippen LogP contribution >= 0.6 is 12.6 Å². The van der Waals surface area contributed by atoms with Crippen molar-refractivity contribution in [3.63, 3.8) is 0 Å². The molecule has 6 heteroatoms. The van der Waals surface area contributed by atoms with Gasteiger partial charge < -0.3 is 14.9 Å². The molecular formula is C14H14N2O3S. The summed E-state index contributed by atoms with van der Waals surface area (Å²) in [7, 11) is 0. The molecule has 0 radical (unpaired) electrons. The highest BCUT2D eigenvalue weighted by molar-refractivity contribution is 7.80. The molecule has 1 aromatic heterocycles. The fourth-order valence-corrected chi connectivity index (χ4v) is 2.12. The van der Waals surface area contributed by atoms with Crippen molar-refractivity contribution in [2.75, 3.05) is 12.4 Å². The van der Waals surface area contributed by atoms with E-state index < -0.39 is 4.92 Å². The Labute approximate surface area is 122 Å². The summed E-state index contributed by atoms with van der Waals surface area (Å²) in [6.07, 6.45) is 1.37. The normalized spacial score (nSPS) is 11.8. The van der Waals surface area contributed by atoms with Crippen LogP contribution in [0.2, 0.25) is 0 Å². The van der Waals surface area contributed by atoms with Crippen molar-refractivity contribution in [1.82, 2.24) is 4.98 Å². The minimum absolute atomic E-state index is 0.0688. The molecule has 104 valence electrons. The summed E-state index contributed by atoms with van der Waals surface area (Å²) in [5.74, 6) is 0.580. The molecule has 0 aliphatic carbocycles. The van der Waals surface area contributed by atoms with Crippen molar-refractivity contribution in [1.29, 1.82) is 0 Å². The molecule has 2 aromatic rings. The molecule has 0 saturated heterocycles. The summed E-state index contributed by atoms with van der Waals surface area (Å²) in [4.78, 5) is 14.0. The van der Waals surface area contributed by atoms with Crippen LogP contribution in [0.15, 0.2) is 48.7 Å². The van der Waals surface area contributed by atoms with Gasteiger partial charge in [-0.05, 0) is 27.6 Å². The summed E-state index contributed by atoms with van der Waals surface area (Å²) in [5.41, 5.74) is 1.09. The number of ether oxygens (including phenoxy) is 1. The van der Waals surface area contributed by atoms with E-state index in [1.165, 1.54) is 6.20 Å². The summed E-state index contributed by atoms with van der Waals surface area (Å²) in [5, 5.41) is 10.9. The van der Waals surface area contributed by atoms with Gasteiger partial charge in [0.2, 0.25) is 5.75 Å². The molecular weight excluding hydrogens is 276 g/mol. The van der Waals surface area contributed by atoms with E-state index in [0.717, 1.165) is 5.56 Å². The maximum absolute atomic E-state index is 10.9. The lowest BCUT2D eigenvalue weighted by molar-refractivity contribution is -0.390. The molecule has 0 fully saturated rings. The van der Waals surface area contributed by atoms with E-state index >= 15 is 0 Å². The topological polar surface area (TPSA) is 65.3 Å². The lowest BCUT2D eigenvalue weighted by Crippen LogP contribution is -2.12. The summed E-state index contributed by atoms with van der Waals surface area (Å²) < 4.78 is 5.55. The van der Waals surface area contributed by atoms with Crippen molar-refractivity contribution in [2.24, 2.45) is 0 Å². The Kier molecular flexibility index (Phi) is 4.95. The molecule has 0 spiro atoms. The monoisotopic (exact) mass is 290 g/mol. The number of hydrogen-bond acceptors (Lipinski definition) is 5. The van der Waals surface area contributed by atoms with E-state index in [1.54, 1.807) is 12.1 Å². The third kappa shape index (κ3) is 3.48. The van der Waals surface area contributed by atoms with Gasteiger partial charge in [0.1, 0.15) is 6.20 Å². The molecule has 0 bridgehead atoms. The van der Waals surface area contributed by atoms with Crippen molar-refractivity contribution in [2.45, 2.75) is 5.92 Å².